The summed E-state index contributed by atoms with van der Waals surface area (Å²) in [5.41, 5.74) is 6.40. The number of rotatable bonds is 11. The predicted molar refractivity (Wildman–Crippen MR) is 283 cm³/mol. The molecule has 7 aromatic rings. The van der Waals surface area contributed by atoms with Crippen LogP contribution in [0.15, 0.2) is 140 Å². The first-order chi connectivity index (χ1) is 29.0. The zero-order chi connectivity index (χ0) is 43.9. The molecule has 0 aliphatic heterocycles. The monoisotopic (exact) mass is 1260 g/mol. The zero-order valence-electron chi connectivity index (χ0n) is 38.6. The second-order valence-corrected chi connectivity index (χ2v) is 18.7. The largest absolute Gasteiger partial charge is 2.00 e. The molecule has 360 valence electrons. The molecule has 0 fully saturated rings. The Labute approximate surface area is 458 Å². The second kappa shape index (κ2) is 39.3. The van der Waals surface area contributed by atoms with Gasteiger partial charge in [0, 0.05) is 47.1 Å². The van der Waals surface area contributed by atoms with E-state index in [1.807, 2.05) is 34.6 Å². The third kappa shape index (κ3) is 22.7. The quantitative estimate of drug-likeness (QED) is 0.0554. The van der Waals surface area contributed by atoms with Crippen LogP contribution < -0.4 is 21.2 Å². The smallest absolute Gasteiger partial charge is 2.00 e. The predicted octanol–water partition coefficient (Wildman–Crippen LogP) is 9.21. The van der Waals surface area contributed by atoms with Gasteiger partial charge in [0.05, 0.1) is 23.2 Å². The van der Waals surface area contributed by atoms with Crippen molar-refractivity contribution in [1.82, 2.24) is 29.1 Å². The minimum Gasteiger partial charge on any atom is -2.00 e. The SMILES string of the molecule is CC#N.CCOCC.Cc1cc(C)n([BH-](n2nc(C)cc2C)n2nc(C)cc2C)n1.[Cu+2].[Cu+2].[N-]=C=S.[S-2].[S-2].[S-2].[W].c1ccc(P(CP(c2ccccc2)c2ccccc2)c2ccccc2)cc1. The minimum absolute atomic E-state index is 0. The van der Waals surface area contributed by atoms with Crippen LogP contribution in [0.4, 0.5) is 0 Å². The molecule has 66 heavy (non-hydrogen) atoms. The van der Waals surface area contributed by atoms with Crippen LogP contribution in [0, 0.1) is 52.9 Å². The normalized spacial score (nSPS) is 9.26. The molecule has 0 N–H and O–H groups in total. The van der Waals surface area contributed by atoms with Gasteiger partial charge in [-0.05, 0) is 128 Å². The van der Waals surface area contributed by atoms with Gasteiger partial charge in [-0.3, -0.25) is 0 Å². The van der Waals surface area contributed by atoms with E-state index in [1.165, 1.54) is 39.2 Å². The summed E-state index contributed by atoms with van der Waals surface area (Å²) < 4.78 is 11.0. The van der Waals surface area contributed by atoms with Crippen LogP contribution in [0.1, 0.15) is 54.9 Å². The number of aryl methyl sites for hydroxylation is 6. The van der Waals surface area contributed by atoms with Gasteiger partial charge in [-0.1, -0.05) is 134 Å². The van der Waals surface area contributed by atoms with Crippen LogP contribution in [0.2, 0.25) is 0 Å². The maximum absolute atomic E-state index is 7.32. The molecule has 0 amide bonds. The fourth-order valence-electron chi connectivity index (χ4n) is 6.67. The fraction of sp³-hybridized carbons (Fsp3) is 0.255. The Balaban J connectivity index is -0.000000448. The van der Waals surface area contributed by atoms with Gasteiger partial charge >= 0.3 is 41.3 Å². The minimum atomic E-state index is -1.26. The van der Waals surface area contributed by atoms with Gasteiger partial charge in [0.15, 0.2) is 0 Å². The van der Waals surface area contributed by atoms with Crippen molar-refractivity contribution in [2.75, 3.05) is 19.1 Å². The third-order valence-corrected chi connectivity index (χ3v) is 15.0. The molecule has 0 spiro atoms. The summed E-state index contributed by atoms with van der Waals surface area (Å²) in [6.45, 7) is 19.4. The number of isothiocyanates is 1. The van der Waals surface area contributed by atoms with Crippen molar-refractivity contribution in [3.8, 4) is 6.07 Å². The van der Waals surface area contributed by atoms with Gasteiger partial charge in [-0.15, -0.1) is 0 Å². The van der Waals surface area contributed by atoms with Crippen LogP contribution in [-0.2, 0) is 100 Å². The Morgan fingerprint density at radius 1 is 0.561 bits per heavy atom. The molecule has 0 aliphatic carbocycles. The fourth-order valence-corrected chi connectivity index (χ4v) is 13.1. The number of hydrogen-bond donors (Lipinski definition) is 0. The molecular formula is C47H57BCu2N8OP2S4W-4. The van der Waals surface area contributed by atoms with E-state index in [0.29, 0.717) is 0 Å². The standard InChI is InChI=1S/C25H22P2.C15H22BN6.C4H10O.C2H3N.CNS.2Cu.3S.W/c1-5-13-22(14-6-1)26(23-15-7-2-8-16-23)21-27(24-17-9-3-10-18-24)25-19-11-4-12-20-25;1-10-7-13(4)20(17-10)16(21-14(5)8-11(2)18-21)22-15(6)9-12(3)19-22;1-3-5-4-2;1-2-3;2-1-3;;;;;;/h1-20H,21H2;7-9,16H,1-6H3;3-4H2,1-2H3;1H3;;;;;;;/q;-1;;;-1;2*+2;3*-2;. The summed E-state index contributed by atoms with van der Waals surface area (Å²) in [5.74, 6) is 1.17. The van der Waals surface area contributed by atoms with Crippen molar-refractivity contribution in [2.24, 2.45) is 0 Å². The van der Waals surface area contributed by atoms with Gasteiger partial charge in [-0.25, -0.2) is 15.3 Å². The first-order valence-electron chi connectivity index (χ1n) is 19.9. The van der Waals surface area contributed by atoms with E-state index >= 15 is 0 Å². The van der Waals surface area contributed by atoms with Crippen molar-refractivity contribution in [2.45, 2.75) is 62.3 Å². The molecule has 0 saturated heterocycles. The average molecular weight is 1260 g/mol. The number of hydrogen-bond acceptors (Lipinski definition) is 6. The molecule has 9 nitrogen and oxygen atoms in total. The number of thiocarbonyl (C=S) groups is 1. The summed E-state index contributed by atoms with van der Waals surface area (Å²) in [6, 6.07) is 52.2. The molecule has 0 unspecified atom stereocenters. The first kappa shape index (κ1) is 70.0. The number of ether oxygens (including phenoxy) is 1. The maximum atomic E-state index is 7.32. The number of aromatic nitrogens is 6. The van der Waals surface area contributed by atoms with E-state index < -0.39 is 23.0 Å². The van der Waals surface area contributed by atoms with Gasteiger partial charge < -0.3 is 64.4 Å². The van der Waals surface area contributed by atoms with Gasteiger partial charge in [0.2, 0.25) is 0 Å². The summed E-state index contributed by atoms with van der Waals surface area (Å²) in [5, 5.41) is 35.7. The summed E-state index contributed by atoms with van der Waals surface area (Å²) in [7, 11) is -2.08. The Bertz CT molecular complexity index is 2100. The number of nitrogens with zero attached hydrogens (tertiary/aromatic N) is 8. The Morgan fingerprint density at radius 3 is 0.924 bits per heavy atom. The molecule has 3 heterocycles. The van der Waals surface area contributed by atoms with Crippen molar-refractivity contribution in [3.05, 3.63) is 179 Å². The van der Waals surface area contributed by atoms with Crippen LogP contribution in [0.3, 0.4) is 0 Å². The van der Waals surface area contributed by atoms with Crippen LogP contribution in [0.5, 0.6) is 0 Å². The molecule has 19 heteroatoms. The summed E-state index contributed by atoms with van der Waals surface area (Å²) >= 11 is 3.70. The van der Waals surface area contributed by atoms with E-state index in [4.69, 9.17) is 30.7 Å². The molecule has 3 aromatic heterocycles. The van der Waals surface area contributed by atoms with E-state index in [-0.39, 0.29) is 95.7 Å². The van der Waals surface area contributed by atoms with E-state index in [9.17, 15) is 0 Å². The van der Waals surface area contributed by atoms with E-state index in [2.05, 4.69) is 186 Å². The third-order valence-electron chi connectivity index (χ3n) is 9.08. The Kier molecular flexibility index (Phi) is 41.7. The van der Waals surface area contributed by atoms with Crippen molar-refractivity contribution in [3.63, 3.8) is 0 Å². The number of nitriles is 1. The molecule has 0 atom stereocenters. The van der Waals surface area contributed by atoms with E-state index in [1.54, 1.807) is 6.07 Å². The molecule has 0 saturated carbocycles. The van der Waals surface area contributed by atoms with Crippen LogP contribution >= 0.6 is 28.1 Å². The maximum Gasteiger partial charge on any atom is 2.00 e. The molecule has 7 rings (SSSR count). The Hall–Kier alpha value is -2.54. The van der Waals surface area contributed by atoms with Crippen molar-refractivity contribution in [1.29, 1.82) is 5.26 Å². The van der Waals surface area contributed by atoms with Gasteiger partial charge in [0.25, 0.3) is 0 Å². The second-order valence-electron chi connectivity index (χ2n) is 13.6. The summed E-state index contributed by atoms with van der Waals surface area (Å²) in [4.78, 5) is 0. The van der Waals surface area contributed by atoms with E-state index in [0.717, 1.165) is 47.4 Å². The average Bonchev–Trinajstić information content (AvgIpc) is 3.90. The Morgan fingerprint density at radius 2 is 0.773 bits per heavy atom. The van der Waals surface area contributed by atoms with Gasteiger partial charge in [0.1, 0.15) is 0 Å². The van der Waals surface area contributed by atoms with Crippen LogP contribution in [-0.4, -0.2) is 60.5 Å². The molecule has 2 radical (unpaired) electrons. The van der Waals surface area contributed by atoms with Crippen LogP contribution in [0.25, 0.3) is 5.41 Å². The number of benzene rings is 4. The summed E-state index contributed by atoms with van der Waals surface area (Å²) in [6.07, 6.45) is 0. The van der Waals surface area contributed by atoms with Gasteiger partial charge in [-0.2, -0.15) is 10.4 Å². The first-order valence-corrected chi connectivity index (χ1v) is 23.4. The molecule has 4 aromatic carbocycles. The molecular weight excluding hydrogens is 1200 g/mol. The van der Waals surface area contributed by atoms with Crippen molar-refractivity contribution >= 4 is 102 Å². The zero-order valence-corrected chi connectivity index (χ0v) is 48.5. The topological polar surface area (TPSA) is 109 Å². The molecule has 0 aliphatic rings. The molecule has 0 bridgehead atoms. The van der Waals surface area contributed by atoms with Crippen molar-refractivity contribution < 1.29 is 59.9 Å².